The van der Waals surface area contributed by atoms with Gasteiger partial charge >= 0.3 is 0 Å². The second kappa shape index (κ2) is 8.63. The van der Waals surface area contributed by atoms with Crippen LogP contribution in [0.1, 0.15) is 27.8 Å². The topological polar surface area (TPSA) is 95.1 Å². The highest BCUT2D eigenvalue weighted by atomic mass is 32.2. The number of aromatic nitrogens is 4. The van der Waals surface area contributed by atoms with Gasteiger partial charge in [0.2, 0.25) is 0 Å². The molecule has 1 amide bonds. The van der Waals surface area contributed by atoms with Crippen molar-refractivity contribution < 1.29 is 13.9 Å². The molecule has 0 bridgehead atoms. The fraction of sp³-hybridized carbons (Fsp3) is 0.294. The summed E-state index contributed by atoms with van der Waals surface area (Å²) in [5.74, 6) is 1.89. The number of amides is 1. The molecule has 0 spiro atoms. The van der Waals surface area contributed by atoms with Crippen molar-refractivity contribution in [1.29, 1.82) is 0 Å². The van der Waals surface area contributed by atoms with E-state index in [1.54, 1.807) is 37.2 Å². The van der Waals surface area contributed by atoms with E-state index >= 15 is 0 Å². The minimum Gasteiger partial charge on any atom is -0.453 e. The Kier molecular flexibility index (Phi) is 6.03. The molecule has 136 valence electrons. The summed E-state index contributed by atoms with van der Waals surface area (Å²) < 4.78 is 12.2. The first-order valence-corrected chi connectivity index (χ1v) is 8.92. The van der Waals surface area contributed by atoms with Crippen LogP contribution in [0.2, 0.25) is 0 Å². The van der Waals surface area contributed by atoms with E-state index in [1.165, 1.54) is 0 Å². The van der Waals surface area contributed by atoms with Gasteiger partial charge in [0.1, 0.15) is 12.4 Å². The summed E-state index contributed by atoms with van der Waals surface area (Å²) in [6, 6.07) is 9.13. The monoisotopic (exact) mass is 373 g/mol. The molecule has 0 aliphatic rings. The Bertz CT molecular complexity index is 862. The van der Waals surface area contributed by atoms with Gasteiger partial charge in [-0.1, -0.05) is 17.8 Å². The summed E-state index contributed by atoms with van der Waals surface area (Å²) >= 11 is 1.54. The third-order valence-corrected chi connectivity index (χ3v) is 4.63. The van der Waals surface area contributed by atoms with Gasteiger partial charge in [0, 0.05) is 26.1 Å². The van der Waals surface area contributed by atoms with E-state index in [-0.39, 0.29) is 18.2 Å². The van der Waals surface area contributed by atoms with Gasteiger partial charge in [0.25, 0.3) is 5.91 Å². The lowest BCUT2D eigenvalue weighted by Gasteiger charge is -2.05. The van der Waals surface area contributed by atoms with Gasteiger partial charge in [-0.3, -0.25) is 9.78 Å². The predicted molar refractivity (Wildman–Crippen MR) is 95.4 cm³/mol. The third kappa shape index (κ3) is 4.50. The lowest BCUT2D eigenvalue weighted by Crippen LogP contribution is -2.24. The first-order valence-electron chi connectivity index (χ1n) is 7.94. The standard InChI is InChI=1S/C17H19N5O3S/c1-22-15(9-19-16(23)14-7-6-13(25-14)10-24-2)20-21-17(22)26-11-12-5-3-4-8-18-12/h3-8H,9-11H2,1-2H3,(H,19,23). The third-order valence-electron chi connectivity index (χ3n) is 3.58. The summed E-state index contributed by atoms with van der Waals surface area (Å²) in [5, 5.41) is 11.8. The molecule has 0 aliphatic heterocycles. The summed E-state index contributed by atoms with van der Waals surface area (Å²) in [5.41, 5.74) is 0.972. The highest BCUT2D eigenvalue weighted by Gasteiger charge is 2.14. The van der Waals surface area contributed by atoms with Crippen molar-refractivity contribution in [1.82, 2.24) is 25.1 Å². The van der Waals surface area contributed by atoms with Gasteiger partial charge in [-0.15, -0.1) is 10.2 Å². The number of nitrogens with one attached hydrogen (secondary N) is 1. The molecule has 3 aromatic rings. The Balaban J connectivity index is 1.55. The SMILES string of the molecule is COCc1ccc(C(=O)NCc2nnc(SCc3ccccn3)n2C)o1. The number of furan rings is 1. The van der Waals surface area contributed by atoms with Crippen LogP contribution in [0.3, 0.4) is 0 Å². The zero-order valence-electron chi connectivity index (χ0n) is 14.5. The van der Waals surface area contributed by atoms with E-state index in [2.05, 4.69) is 20.5 Å². The molecule has 0 atom stereocenters. The average molecular weight is 373 g/mol. The Hall–Kier alpha value is -2.65. The molecule has 0 aromatic carbocycles. The maximum Gasteiger partial charge on any atom is 0.287 e. The zero-order chi connectivity index (χ0) is 18.4. The lowest BCUT2D eigenvalue weighted by molar-refractivity contribution is 0.0913. The van der Waals surface area contributed by atoms with Crippen LogP contribution >= 0.6 is 11.8 Å². The van der Waals surface area contributed by atoms with Crippen molar-refractivity contribution >= 4 is 17.7 Å². The first kappa shape index (κ1) is 18.2. The Morgan fingerprint density at radius 2 is 2.19 bits per heavy atom. The van der Waals surface area contributed by atoms with Crippen LogP contribution in [0.25, 0.3) is 0 Å². The van der Waals surface area contributed by atoms with Gasteiger partial charge in [0.15, 0.2) is 16.7 Å². The number of pyridine rings is 1. The number of ether oxygens (including phenoxy) is 1. The number of carbonyl (C=O) groups excluding carboxylic acids is 1. The predicted octanol–water partition coefficient (Wildman–Crippen LogP) is 2.17. The van der Waals surface area contributed by atoms with Crippen molar-refractivity contribution in [3.05, 3.63) is 59.6 Å². The Labute approximate surface area is 155 Å². The molecule has 3 aromatic heterocycles. The summed E-state index contributed by atoms with van der Waals surface area (Å²) in [6.07, 6.45) is 1.76. The molecule has 0 radical (unpaired) electrons. The van der Waals surface area contributed by atoms with E-state index in [1.807, 2.05) is 29.8 Å². The summed E-state index contributed by atoms with van der Waals surface area (Å²) in [4.78, 5) is 16.4. The van der Waals surface area contributed by atoms with Crippen molar-refractivity contribution in [2.45, 2.75) is 24.1 Å². The number of hydrogen-bond acceptors (Lipinski definition) is 7. The lowest BCUT2D eigenvalue weighted by atomic mass is 10.4. The maximum absolute atomic E-state index is 12.1. The molecule has 3 heterocycles. The van der Waals surface area contributed by atoms with Gasteiger partial charge in [-0.2, -0.15) is 0 Å². The van der Waals surface area contributed by atoms with E-state index in [0.29, 0.717) is 23.9 Å². The number of nitrogens with zero attached hydrogens (tertiary/aromatic N) is 4. The molecule has 0 saturated carbocycles. The fourth-order valence-electron chi connectivity index (χ4n) is 2.21. The second-order valence-corrected chi connectivity index (χ2v) is 6.39. The molecule has 0 aliphatic carbocycles. The quantitative estimate of drug-likeness (QED) is 0.605. The van der Waals surface area contributed by atoms with E-state index in [9.17, 15) is 4.79 Å². The summed E-state index contributed by atoms with van der Waals surface area (Å²) in [6.45, 7) is 0.584. The van der Waals surface area contributed by atoms with Crippen LogP contribution in [0, 0.1) is 0 Å². The molecule has 0 unspecified atom stereocenters. The van der Waals surface area contributed by atoms with E-state index in [0.717, 1.165) is 10.9 Å². The zero-order valence-corrected chi connectivity index (χ0v) is 15.3. The summed E-state index contributed by atoms with van der Waals surface area (Å²) in [7, 11) is 3.44. The van der Waals surface area contributed by atoms with Crippen LogP contribution in [0.5, 0.6) is 0 Å². The highest BCUT2D eigenvalue weighted by Crippen LogP contribution is 2.19. The number of hydrogen-bond donors (Lipinski definition) is 1. The molecule has 0 saturated heterocycles. The molecule has 8 nitrogen and oxygen atoms in total. The van der Waals surface area contributed by atoms with Gasteiger partial charge in [-0.05, 0) is 24.3 Å². The number of methoxy groups -OCH3 is 1. The van der Waals surface area contributed by atoms with E-state index in [4.69, 9.17) is 9.15 Å². The van der Waals surface area contributed by atoms with Gasteiger partial charge < -0.3 is 19.0 Å². The van der Waals surface area contributed by atoms with Crippen LogP contribution in [0.4, 0.5) is 0 Å². The molecular formula is C17H19N5O3S. The van der Waals surface area contributed by atoms with Gasteiger partial charge in [0.05, 0.1) is 12.2 Å². The smallest absolute Gasteiger partial charge is 0.287 e. The number of rotatable bonds is 8. The normalized spacial score (nSPS) is 10.8. The van der Waals surface area contributed by atoms with Crippen LogP contribution in [-0.4, -0.2) is 32.8 Å². The fourth-order valence-corrected chi connectivity index (χ4v) is 3.06. The van der Waals surface area contributed by atoms with Crippen LogP contribution in [0.15, 0.2) is 46.1 Å². The minimum absolute atomic E-state index is 0.240. The van der Waals surface area contributed by atoms with Gasteiger partial charge in [-0.25, -0.2) is 0 Å². The van der Waals surface area contributed by atoms with E-state index < -0.39 is 0 Å². The minimum atomic E-state index is -0.307. The number of carbonyl (C=O) groups is 1. The first-order chi connectivity index (χ1) is 12.7. The number of thioether (sulfide) groups is 1. The molecule has 26 heavy (non-hydrogen) atoms. The Morgan fingerprint density at radius 3 is 2.96 bits per heavy atom. The van der Waals surface area contributed by atoms with Crippen molar-refractivity contribution in [2.24, 2.45) is 7.05 Å². The molecule has 0 fully saturated rings. The maximum atomic E-state index is 12.1. The molecular weight excluding hydrogens is 354 g/mol. The van der Waals surface area contributed by atoms with Crippen molar-refractivity contribution in [2.75, 3.05) is 7.11 Å². The second-order valence-electron chi connectivity index (χ2n) is 5.45. The Morgan fingerprint density at radius 1 is 1.31 bits per heavy atom. The van der Waals surface area contributed by atoms with Crippen LogP contribution < -0.4 is 5.32 Å². The van der Waals surface area contributed by atoms with Crippen molar-refractivity contribution in [3.63, 3.8) is 0 Å². The van der Waals surface area contributed by atoms with Crippen LogP contribution in [-0.2, 0) is 30.7 Å². The largest absolute Gasteiger partial charge is 0.453 e. The van der Waals surface area contributed by atoms with Crippen molar-refractivity contribution in [3.8, 4) is 0 Å². The molecule has 9 heteroatoms. The highest BCUT2D eigenvalue weighted by molar-refractivity contribution is 7.98. The molecule has 1 N–H and O–H groups in total. The average Bonchev–Trinajstić information content (AvgIpc) is 3.26. The molecule has 3 rings (SSSR count).